The molecule has 0 amide bonds. The van der Waals surface area contributed by atoms with E-state index >= 15 is 0 Å². The predicted octanol–water partition coefficient (Wildman–Crippen LogP) is 3.75. The molecule has 2 rings (SSSR count). The fourth-order valence-electron chi connectivity index (χ4n) is 2.86. The summed E-state index contributed by atoms with van der Waals surface area (Å²) in [5, 5.41) is 0. The standard InChI is InChI=1S/C17H22F2N2O/c1-3-21-13(9-10-20)12-5-4-6-14(12)22-15-8-7-11(2)16(18)17(15)19/h7-10,12,14H,3-6,20H2,1-2H3/t12-,14?/m0/s1. The number of hydrogen-bond donors (Lipinski definition) is 1. The first kappa shape index (κ1) is 16.5. The molecule has 3 nitrogen and oxygen atoms in total. The lowest BCUT2D eigenvalue weighted by Gasteiger charge is -2.22. The van der Waals surface area contributed by atoms with Gasteiger partial charge in [0, 0.05) is 18.2 Å². The van der Waals surface area contributed by atoms with Gasteiger partial charge in [-0.3, -0.25) is 4.99 Å². The number of benzene rings is 1. The van der Waals surface area contributed by atoms with E-state index in [0.29, 0.717) is 6.54 Å². The highest BCUT2D eigenvalue weighted by molar-refractivity contribution is 5.97. The Bertz CT molecular complexity index is 584. The van der Waals surface area contributed by atoms with Crippen LogP contribution in [0.15, 0.2) is 29.4 Å². The summed E-state index contributed by atoms with van der Waals surface area (Å²) in [6.07, 6.45) is 5.67. The molecule has 1 aromatic carbocycles. The van der Waals surface area contributed by atoms with Gasteiger partial charge in [0.15, 0.2) is 11.6 Å². The lowest BCUT2D eigenvalue weighted by molar-refractivity contribution is 0.177. The van der Waals surface area contributed by atoms with Gasteiger partial charge < -0.3 is 10.5 Å². The molecule has 0 heterocycles. The summed E-state index contributed by atoms with van der Waals surface area (Å²) in [5.74, 6) is -1.75. The second-order valence-electron chi connectivity index (χ2n) is 5.46. The van der Waals surface area contributed by atoms with E-state index in [2.05, 4.69) is 4.99 Å². The largest absolute Gasteiger partial charge is 0.487 e. The van der Waals surface area contributed by atoms with Crippen LogP contribution in [0.2, 0.25) is 0 Å². The van der Waals surface area contributed by atoms with Crippen LogP contribution < -0.4 is 10.5 Å². The Morgan fingerprint density at radius 1 is 1.36 bits per heavy atom. The number of ether oxygens (including phenoxy) is 1. The van der Waals surface area contributed by atoms with Crippen molar-refractivity contribution in [3.8, 4) is 5.75 Å². The Labute approximate surface area is 129 Å². The second kappa shape index (κ2) is 7.38. The maximum Gasteiger partial charge on any atom is 0.200 e. The SMILES string of the molecule is CCN=C(C=CN)[C@@H]1CCCC1Oc1ccc(C)c(F)c1F. The molecule has 22 heavy (non-hydrogen) atoms. The smallest absolute Gasteiger partial charge is 0.200 e. The van der Waals surface area contributed by atoms with Gasteiger partial charge in [-0.05, 0) is 57.0 Å². The molecule has 1 unspecified atom stereocenters. The van der Waals surface area contributed by atoms with E-state index in [-0.39, 0.29) is 23.3 Å². The third-order valence-electron chi connectivity index (χ3n) is 3.96. The average molecular weight is 308 g/mol. The zero-order valence-corrected chi connectivity index (χ0v) is 13.0. The van der Waals surface area contributed by atoms with Gasteiger partial charge in [0.25, 0.3) is 0 Å². The molecule has 1 aliphatic carbocycles. The van der Waals surface area contributed by atoms with Crippen LogP contribution in [0.25, 0.3) is 0 Å². The maximum atomic E-state index is 14.0. The fourth-order valence-corrected chi connectivity index (χ4v) is 2.86. The van der Waals surface area contributed by atoms with Crippen LogP contribution in [0.3, 0.4) is 0 Å². The molecular weight excluding hydrogens is 286 g/mol. The molecule has 0 saturated heterocycles. The van der Waals surface area contributed by atoms with Crippen LogP contribution >= 0.6 is 0 Å². The maximum absolute atomic E-state index is 14.0. The van der Waals surface area contributed by atoms with Crippen LogP contribution in [-0.4, -0.2) is 18.4 Å². The molecule has 1 fully saturated rings. The topological polar surface area (TPSA) is 47.6 Å². The van der Waals surface area contributed by atoms with Crippen LogP contribution in [0.5, 0.6) is 5.75 Å². The third-order valence-corrected chi connectivity index (χ3v) is 3.96. The summed E-state index contributed by atoms with van der Waals surface area (Å²) >= 11 is 0. The van der Waals surface area contributed by atoms with E-state index in [1.54, 1.807) is 6.08 Å². The van der Waals surface area contributed by atoms with Gasteiger partial charge in [-0.1, -0.05) is 6.07 Å². The van der Waals surface area contributed by atoms with Gasteiger partial charge in [0.2, 0.25) is 5.82 Å². The fraction of sp³-hybridized carbons (Fsp3) is 0.471. The minimum absolute atomic E-state index is 0.0347. The Hall–Kier alpha value is -1.91. The molecule has 1 aliphatic rings. The van der Waals surface area contributed by atoms with E-state index in [4.69, 9.17) is 10.5 Å². The predicted molar refractivity (Wildman–Crippen MR) is 84.2 cm³/mol. The van der Waals surface area contributed by atoms with E-state index in [1.165, 1.54) is 25.3 Å². The quantitative estimate of drug-likeness (QED) is 0.842. The van der Waals surface area contributed by atoms with E-state index in [9.17, 15) is 8.78 Å². The van der Waals surface area contributed by atoms with Gasteiger partial charge in [-0.2, -0.15) is 4.39 Å². The highest BCUT2D eigenvalue weighted by Crippen LogP contribution is 2.33. The average Bonchev–Trinajstić information content (AvgIpc) is 2.96. The molecule has 1 aromatic rings. The highest BCUT2D eigenvalue weighted by Gasteiger charge is 2.32. The first-order chi connectivity index (χ1) is 10.6. The van der Waals surface area contributed by atoms with Crippen molar-refractivity contribution in [2.24, 2.45) is 16.6 Å². The third kappa shape index (κ3) is 3.46. The van der Waals surface area contributed by atoms with Crippen molar-refractivity contribution in [2.75, 3.05) is 6.54 Å². The molecule has 120 valence electrons. The number of nitrogens with two attached hydrogens (primary N) is 1. The molecule has 0 aromatic heterocycles. The normalized spacial score (nSPS) is 22.5. The highest BCUT2D eigenvalue weighted by atomic mass is 19.2. The van der Waals surface area contributed by atoms with Crippen LogP contribution in [-0.2, 0) is 0 Å². The molecule has 2 N–H and O–H groups in total. The lowest BCUT2D eigenvalue weighted by atomic mass is 9.99. The summed E-state index contributed by atoms with van der Waals surface area (Å²) in [4.78, 5) is 4.44. The lowest BCUT2D eigenvalue weighted by Crippen LogP contribution is -2.28. The molecule has 0 radical (unpaired) electrons. The number of aliphatic imine (C=N–C) groups is 1. The van der Waals surface area contributed by atoms with Crippen molar-refractivity contribution < 1.29 is 13.5 Å². The van der Waals surface area contributed by atoms with Crippen molar-refractivity contribution in [2.45, 2.75) is 39.2 Å². The molecule has 0 aliphatic heterocycles. The number of aryl methyl sites for hydroxylation is 1. The van der Waals surface area contributed by atoms with Crippen molar-refractivity contribution in [1.82, 2.24) is 0 Å². The Morgan fingerprint density at radius 2 is 2.14 bits per heavy atom. The number of allylic oxidation sites excluding steroid dienone is 1. The zero-order chi connectivity index (χ0) is 16.1. The summed E-state index contributed by atoms with van der Waals surface area (Å²) in [7, 11) is 0. The number of hydrogen-bond acceptors (Lipinski definition) is 3. The monoisotopic (exact) mass is 308 g/mol. The number of nitrogens with zero attached hydrogens (tertiary/aromatic N) is 1. The van der Waals surface area contributed by atoms with Gasteiger partial charge in [-0.15, -0.1) is 0 Å². The summed E-state index contributed by atoms with van der Waals surface area (Å²) < 4.78 is 33.4. The minimum atomic E-state index is -0.922. The summed E-state index contributed by atoms with van der Waals surface area (Å²) in [5.41, 5.74) is 6.61. The molecule has 5 heteroatoms. The minimum Gasteiger partial charge on any atom is -0.487 e. The first-order valence-corrected chi connectivity index (χ1v) is 7.62. The van der Waals surface area contributed by atoms with Gasteiger partial charge in [-0.25, -0.2) is 4.39 Å². The van der Waals surface area contributed by atoms with Crippen LogP contribution in [0.4, 0.5) is 8.78 Å². The molecule has 2 atom stereocenters. The van der Waals surface area contributed by atoms with E-state index in [0.717, 1.165) is 25.0 Å². The van der Waals surface area contributed by atoms with E-state index < -0.39 is 11.6 Å². The number of rotatable bonds is 5. The zero-order valence-electron chi connectivity index (χ0n) is 13.0. The van der Waals surface area contributed by atoms with Crippen LogP contribution in [0.1, 0.15) is 31.7 Å². The van der Waals surface area contributed by atoms with Crippen molar-refractivity contribution in [1.29, 1.82) is 0 Å². The van der Waals surface area contributed by atoms with Crippen molar-refractivity contribution >= 4 is 5.71 Å². The van der Waals surface area contributed by atoms with Crippen molar-refractivity contribution in [3.05, 3.63) is 41.6 Å². The summed E-state index contributed by atoms with van der Waals surface area (Å²) in [6.45, 7) is 4.12. The van der Waals surface area contributed by atoms with Gasteiger partial charge >= 0.3 is 0 Å². The Balaban J connectivity index is 2.21. The second-order valence-corrected chi connectivity index (χ2v) is 5.46. The van der Waals surface area contributed by atoms with Gasteiger partial charge in [0.1, 0.15) is 6.10 Å². The summed E-state index contributed by atoms with van der Waals surface area (Å²) in [6, 6.07) is 3.01. The number of halogens is 2. The molecule has 1 saturated carbocycles. The first-order valence-electron chi connectivity index (χ1n) is 7.62. The molecule has 0 spiro atoms. The van der Waals surface area contributed by atoms with Crippen LogP contribution in [0, 0.1) is 24.5 Å². The van der Waals surface area contributed by atoms with Crippen molar-refractivity contribution in [3.63, 3.8) is 0 Å². The Kier molecular flexibility index (Phi) is 5.52. The molecule has 0 bridgehead atoms. The molecular formula is C17H22F2N2O. The van der Waals surface area contributed by atoms with E-state index in [1.807, 2.05) is 6.92 Å². The Morgan fingerprint density at radius 3 is 2.82 bits per heavy atom. The van der Waals surface area contributed by atoms with Gasteiger partial charge in [0.05, 0.1) is 0 Å².